The van der Waals surface area contributed by atoms with Gasteiger partial charge in [-0.25, -0.2) is 4.98 Å². The highest BCUT2D eigenvalue weighted by Gasteiger charge is 2.18. The molecule has 1 aliphatic rings. The molecule has 0 aliphatic carbocycles. The predicted octanol–water partition coefficient (Wildman–Crippen LogP) is 1.40. The zero-order chi connectivity index (χ0) is 10.7. The maximum atomic E-state index is 11.3. The van der Waals surface area contributed by atoms with Crippen molar-refractivity contribution >= 4 is 11.6 Å². The Morgan fingerprint density at radius 1 is 1.67 bits per heavy atom. The zero-order valence-electron chi connectivity index (χ0n) is 8.33. The number of hydrogen-bond acceptors (Lipinski definition) is 3. The Morgan fingerprint density at radius 2 is 2.53 bits per heavy atom. The second-order valence-electron chi connectivity index (χ2n) is 3.67. The minimum Gasteiger partial charge on any atom is -0.381 e. The maximum Gasteiger partial charge on any atom is 0.251 e. The largest absolute Gasteiger partial charge is 0.381 e. The van der Waals surface area contributed by atoms with Gasteiger partial charge in [0.15, 0.2) is 0 Å². The lowest BCUT2D eigenvalue weighted by Crippen LogP contribution is -2.21. The van der Waals surface area contributed by atoms with Crippen molar-refractivity contribution in [2.24, 2.45) is 0 Å². The first kappa shape index (κ1) is 10.6. The van der Waals surface area contributed by atoms with Crippen LogP contribution in [0.1, 0.15) is 30.3 Å². The van der Waals surface area contributed by atoms with Crippen LogP contribution in [-0.2, 0) is 10.6 Å². The lowest BCUT2D eigenvalue weighted by Gasteiger charge is -2.21. The molecule has 1 saturated heterocycles. The summed E-state index contributed by atoms with van der Waals surface area (Å²) in [7, 11) is 0. The quantitative estimate of drug-likeness (QED) is 0.779. The van der Waals surface area contributed by atoms with E-state index in [1.165, 1.54) is 6.07 Å². The summed E-state index contributed by atoms with van der Waals surface area (Å²) in [6.07, 6.45) is 2.02. The molecule has 2 rings (SSSR count). The van der Waals surface area contributed by atoms with Gasteiger partial charge in [-0.05, 0) is 12.8 Å². The van der Waals surface area contributed by atoms with Gasteiger partial charge in [0.25, 0.3) is 5.56 Å². The van der Waals surface area contributed by atoms with Gasteiger partial charge in [-0.15, -0.1) is 11.6 Å². The Labute approximate surface area is 92.6 Å². The lowest BCUT2D eigenvalue weighted by molar-refractivity contribution is 0.0779. The molecule has 1 unspecified atom stereocenters. The van der Waals surface area contributed by atoms with E-state index in [0.717, 1.165) is 19.4 Å². The maximum absolute atomic E-state index is 11.3. The van der Waals surface area contributed by atoms with Crippen LogP contribution in [0.5, 0.6) is 0 Å². The molecule has 5 heteroatoms. The van der Waals surface area contributed by atoms with Crippen LogP contribution >= 0.6 is 11.6 Å². The van der Waals surface area contributed by atoms with E-state index in [9.17, 15) is 4.79 Å². The highest BCUT2D eigenvalue weighted by molar-refractivity contribution is 6.16. The highest BCUT2D eigenvalue weighted by Crippen LogP contribution is 2.21. The first-order chi connectivity index (χ1) is 7.29. The van der Waals surface area contributed by atoms with Crippen LogP contribution in [0, 0.1) is 0 Å². The van der Waals surface area contributed by atoms with E-state index in [-0.39, 0.29) is 17.4 Å². The minimum absolute atomic E-state index is 0.138. The predicted molar refractivity (Wildman–Crippen MR) is 57.2 cm³/mol. The van der Waals surface area contributed by atoms with Gasteiger partial charge >= 0.3 is 0 Å². The minimum atomic E-state index is -0.138. The molecule has 0 saturated carbocycles. The number of rotatable bonds is 2. The Hall–Kier alpha value is -0.870. The molecule has 1 aromatic rings. The van der Waals surface area contributed by atoms with Crippen LogP contribution in [-0.4, -0.2) is 23.2 Å². The molecule has 1 N–H and O–H groups in total. The third kappa shape index (κ3) is 2.58. The zero-order valence-corrected chi connectivity index (χ0v) is 9.09. The van der Waals surface area contributed by atoms with E-state index in [4.69, 9.17) is 16.3 Å². The van der Waals surface area contributed by atoms with Gasteiger partial charge in [0, 0.05) is 18.6 Å². The van der Waals surface area contributed by atoms with E-state index in [2.05, 4.69) is 9.97 Å². The fourth-order valence-electron chi connectivity index (χ4n) is 1.75. The number of ether oxygens (including phenoxy) is 1. The number of alkyl halides is 1. The molecule has 2 heterocycles. The average Bonchev–Trinajstić information content (AvgIpc) is 2.29. The van der Waals surface area contributed by atoms with Gasteiger partial charge in [-0.3, -0.25) is 4.79 Å². The van der Waals surface area contributed by atoms with Gasteiger partial charge < -0.3 is 9.72 Å². The van der Waals surface area contributed by atoms with Crippen LogP contribution in [0.15, 0.2) is 10.9 Å². The second-order valence-corrected chi connectivity index (χ2v) is 3.94. The van der Waals surface area contributed by atoms with Gasteiger partial charge in [-0.2, -0.15) is 0 Å². The third-order valence-corrected chi connectivity index (χ3v) is 2.77. The van der Waals surface area contributed by atoms with Gasteiger partial charge in [0.2, 0.25) is 0 Å². The Kier molecular flexibility index (Phi) is 3.38. The summed E-state index contributed by atoms with van der Waals surface area (Å²) in [4.78, 5) is 18.4. The van der Waals surface area contributed by atoms with Gasteiger partial charge in [0.1, 0.15) is 5.82 Å². The molecule has 82 valence electrons. The van der Waals surface area contributed by atoms with E-state index < -0.39 is 0 Å². The van der Waals surface area contributed by atoms with E-state index in [1.807, 2.05) is 0 Å². The van der Waals surface area contributed by atoms with Crippen molar-refractivity contribution in [2.45, 2.75) is 24.6 Å². The number of halogens is 1. The third-order valence-electron chi connectivity index (χ3n) is 2.50. The molecule has 0 amide bonds. The SMILES string of the molecule is O=c1cc(CCl)nc(C2CCCOC2)[nH]1. The number of aromatic amines is 1. The summed E-state index contributed by atoms with van der Waals surface area (Å²) in [5.41, 5.74) is 0.488. The van der Waals surface area contributed by atoms with Gasteiger partial charge in [-0.1, -0.05) is 0 Å². The molecule has 1 fully saturated rings. The Morgan fingerprint density at radius 3 is 3.20 bits per heavy atom. The fraction of sp³-hybridized carbons (Fsp3) is 0.600. The van der Waals surface area contributed by atoms with Crippen LogP contribution < -0.4 is 5.56 Å². The lowest BCUT2D eigenvalue weighted by atomic mass is 10.0. The normalized spacial score (nSPS) is 21.5. The number of H-pyrrole nitrogens is 1. The van der Waals surface area contributed by atoms with Crippen molar-refractivity contribution in [2.75, 3.05) is 13.2 Å². The molecular weight excluding hydrogens is 216 g/mol. The summed E-state index contributed by atoms with van der Waals surface area (Å²) >= 11 is 5.66. The van der Waals surface area contributed by atoms with Crippen molar-refractivity contribution < 1.29 is 4.74 Å². The first-order valence-corrected chi connectivity index (χ1v) is 5.57. The average molecular weight is 229 g/mol. The summed E-state index contributed by atoms with van der Waals surface area (Å²) in [6, 6.07) is 1.43. The fourth-order valence-corrected chi connectivity index (χ4v) is 1.88. The first-order valence-electron chi connectivity index (χ1n) is 5.03. The molecule has 15 heavy (non-hydrogen) atoms. The number of hydrogen-bond donors (Lipinski definition) is 1. The van der Waals surface area contributed by atoms with Crippen molar-refractivity contribution in [3.05, 3.63) is 27.9 Å². The second kappa shape index (κ2) is 4.77. The van der Waals surface area contributed by atoms with E-state index >= 15 is 0 Å². The summed E-state index contributed by atoms with van der Waals surface area (Å²) in [5, 5.41) is 0. The summed E-state index contributed by atoms with van der Waals surface area (Å²) in [5.74, 6) is 1.18. The Balaban J connectivity index is 2.26. The molecule has 1 atom stereocenters. The molecule has 0 aromatic carbocycles. The topological polar surface area (TPSA) is 55.0 Å². The Bertz CT molecular complexity index is 385. The molecule has 1 aliphatic heterocycles. The standard InChI is InChI=1S/C10H13ClN2O2/c11-5-8-4-9(14)13-10(12-8)7-2-1-3-15-6-7/h4,7H,1-3,5-6H2,(H,12,13,14). The number of nitrogens with zero attached hydrogens (tertiary/aromatic N) is 1. The van der Waals surface area contributed by atoms with Gasteiger partial charge in [0.05, 0.1) is 18.2 Å². The number of aromatic nitrogens is 2. The summed E-state index contributed by atoms with van der Waals surface area (Å²) in [6.45, 7) is 1.44. The number of nitrogens with one attached hydrogen (secondary N) is 1. The van der Waals surface area contributed by atoms with Crippen LogP contribution in [0.2, 0.25) is 0 Å². The van der Waals surface area contributed by atoms with Crippen molar-refractivity contribution in [1.29, 1.82) is 0 Å². The molecule has 4 nitrogen and oxygen atoms in total. The van der Waals surface area contributed by atoms with Crippen LogP contribution in [0.3, 0.4) is 0 Å². The summed E-state index contributed by atoms with van der Waals surface area (Å²) < 4.78 is 5.35. The van der Waals surface area contributed by atoms with E-state index in [1.54, 1.807) is 0 Å². The van der Waals surface area contributed by atoms with Crippen LogP contribution in [0.25, 0.3) is 0 Å². The van der Waals surface area contributed by atoms with Crippen molar-refractivity contribution in [3.8, 4) is 0 Å². The monoisotopic (exact) mass is 228 g/mol. The smallest absolute Gasteiger partial charge is 0.251 e. The molecule has 0 bridgehead atoms. The highest BCUT2D eigenvalue weighted by atomic mass is 35.5. The van der Waals surface area contributed by atoms with Crippen molar-refractivity contribution in [1.82, 2.24) is 9.97 Å². The van der Waals surface area contributed by atoms with Crippen molar-refractivity contribution in [3.63, 3.8) is 0 Å². The molecule has 0 spiro atoms. The molecular formula is C10H13ClN2O2. The molecule has 1 aromatic heterocycles. The van der Waals surface area contributed by atoms with E-state index in [0.29, 0.717) is 18.1 Å². The van der Waals surface area contributed by atoms with Crippen LogP contribution in [0.4, 0.5) is 0 Å². The molecule has 0 radical (unpaired) electrons.